The number of amides is 4. The van der Waals surface area contributed by atoms with Gasteiger partial charge in [-0.25, -0.2) is 10.6 Å². The molecule has 3 aromatic rings. The summed E-state index contributed by atoms with van der Waals surface area (Å²) in [6.45, 7) is 7.85. The molecule has 0 aliphatic heterocycles. The van der Waals surface area contributed by atoms with E-state index >= 15 is 0 Å². The van der Waals surface area contributed by atoms with Crippen molar-refractivity contribution in [2.45, 2.75) is 77.9 Å². The monoisotopic (exact) mass is 720 g/mol. The maximum atomic E-state index is 12.9. The Balaban J connectivity index is 0.000000391. The SMILES string of the molecule is CC(=O)Nc1ccc(Cl)c(-c2cccc(C[C@H](NC=O)C(=O)Nc3ccc(/C(=N/N)NN)cc3)c2)c1.CC(C)(C)OC(=O)NCC1CCCCC1. The Bertz CT molecular complexity index is 1650. The molecular weight excluding hydrogens is 672 g/mol. The molecule has 3 aromatic carbocycles. The van der Waals surface area contributed by atoms with Gasteiger partial charge in [0, 0.05) is 47.4 Å². The van der Waals surface area contributed by atoms with Crippen molar-refractivity contribution >= 4 is 53.1 Å². The number of alkyl carbamates (subject to hydrolysis) is 1. The van der Waals surface area contributed by atoms with E-state index in [4.69, 9.17) is 28.0 Å². The molecule has 9 N–H and O–H groups in total. The summed E-state index contributed by atoms with van der Waals surface area (Å²) in [5.41, 5.74) is 6.09. The van der Waals surface area contributed by atoms with Crippen LogP contribution in [-0.2, 0) is 25.5 Å². The van der Waals surface area contributed by atoms with E-state index in [2.05, 4.69) is 31.8 Å². The molecule has 0 spiro atoms. The maximum absolute atomic E-state index is 12.9. The van der Waals surface area contributed by atoms with E-state index in [1.54, 1.807) is 42.5 Å². The van der Waals surface area contributed by atoms with Gasteiger partial charge in [-0.15, -0.1) is 0 Å². The van der Waals surface area contributed by atoms with Gasteiger partial charge in [0.05, 0.1) is 0 Å². The van der Waals surface area contributed by atoms with Crippen LogP contribution < -0.4 is 38.4 Å². The number of hydrogen-bond acceptors (Lipinski definition) is 8. The number of rotatable bonds is 11. The number of nitrogens with two attached hydrogens (primary N) is 2. The smallest absolute Gasteiger partial charge is 0.407 e. The van der Waals surface area contributed by atoms with Crippen LogP contribution in [0.5, 0.6) is 0 Å². The zero-order valence-electron chi connectivity index (χ0n) is 29.6. The van der Waals surface area contributed by atoms with E-state index < -0.39 is 17.6 Å². The Kier molecular flexibility index (Phi) is 15.7. The minimum Gasteiger partial charge on any atom is -0.444 e. The highest BCUT2D eigenvalue weighted by Crippen LogP contribution is 2.31. The van der Waals surface area contributed by atoms with E-state index in [0.29, 0.717) is 34.3 Å². The third kappa shape index (κ3) is 13.9. The van der Waals surface area contributed by atoms with Crippen LogP contribution in [-0.4, -0.2) is 48.3 Å². The van der Waals surface area contributed by atoms with Crippen LogP contribution in [0.25, 0.3) is 11.1 Å². The number of carbonyl (C=O) groups excluding carboxylic acids is 4. The van der Waals surface area contributed by atoms with Gasteiger partial charge in [-0.05, 0) is 93.1 Å². The third-order valence-corrected chi connectivity index (χ3v) is 8.23. The summed E-state index contributed by atoms with van der Waals surface area (Å²) < 4.78 is 5.18. The van der Waals surface area contributed by atoms with Crippen LogP contribution in [0.3, 0.4) is 0 Å². The standard InChI is InChI=1S/C25H26ClN7O3.C12H23NO2/c1-15(35)30-20-9-10-22(26)21(13-20)18-4-2-3-16(11-18)12-23(29-14-34)25(36)31-19-7-5-17(6-8-19)24(32-27)33-28;1-12(2,3)15-11(14)13-9-10-7-5-4-6-8-10/h2-11,13-14,23H,12,27-28H2,1H3,(H,29,34)(H,30,35)(H,31,36)(H,32,33);10H,4-9H2,1-3H3,(H,13,14)/t23-;/m0./s1. The summed E-state index contributed by atoms with van der Waals surface area (Å²) in [6.07, 6.45) is 6.89. The van der Waals surface area contributed by atoms with Crippen LogP contribution in [0.15, 0.2) is 71.8 Å². The normalized spacial score (nSPS) is 13.8. The van der Waals surface area contributed by atoms with E-state index in [1.165, 1.54) is 39.0 Å². The number of nitrogens with one attached hydrogen (secondary N) is 5. The number of amidine groups is 1. The first-order valence-electron chi connectivity index (χ1n) is 16.8. The number of halogens is 1. The number of benzene rings is 3. The zero-order chi connectivity index (χ0) is 37.4. The highest BCUT2D eigenvalue weighted by Gasteiger charge is 2.20. The maximum Gasteiger partial charge on any atom is 0.407 e. The number of carbonyl (C=O) groups is 4. The van der Waals surface area contributed by atoms with Crippen LogP contribution in [0.4, 0.5) is 16.2 Å². The molecule has 0 bridgehead atoms. The molecule has 1 aliphatic rings. The largest absolute Gasteiger partial charge is 0.444 e. The van der Waals surface area contributed by atoms with Gasteiger partial charge < -0.3 is 37.3 Å². The summed E-state index contributed by atoms with van der Waals surface area (Å²) in [7, 11) is 0. The molecule has 4 amide bonds. The van der Waals surface area contributed by atoms with Crippen molar-refractivity contribution < 1.29 is 23.9 Å². The molecule has 1 aliphatic carbocycles. The molecular formula is C37H49ClN8O5. The fraction of sp³-hybridized carbons (Fsp3) is 0.378. The molecule has 0 saturated heterocycles. The fourth-order valence-electron chi connectivity index (χ4n) is 5.51. The average Bonchev–Trinajstić information content (AvgIpc) is 3.09. The Morgan fingerprint density at radius 2 is 1.67 bits per heavy atom. The fourth-order valence-corrected chi connectivity index (χ4v) is 5.73. The number of hydrazine groups is 1. The van der Waals surface area contributed by atoms with Crippen molar-refractivity contribution in [3.63, 3.8) is 0 Å². The molecule has 274 valence electrons. The molecule has 14 heteroatoms. The van der Waals surface area contributed by atoms with Crippen molar-refractivity contribution in [3.05, 3.63) is 82.9 Å². The van der Waals surface area contributed by atoms with Crippen molar-refractivity contribution in [2.24, 2.45) is 22.7 Å². The Hall–Kier alpha value is -5.14. The molecule has 0 heterocycles. The second-order valence-electron chi connectivity index (χ2n) is 13.2. The first kappa shape index (κ1) is 40.3. The molecule has 1 saturated carbocycles. The van der Waals surface area contributed by atoms with Crippen LogP contribution >= 0.6 is 11.6 Å². The lowest BCUT2D eigenvalue weighted by molar-refractivity contribution is -0.121. The van der Waals surface area contributed by atoms with Gasteiger partial charge in [0.15, 0.2) is 5.84 Å². The van der Waals surface area contributed by atoms with Crippen molar-refractivity contribution in [1.82, 2.24) is 16.1 Å². The summed E-state index contributed by atoms with van der Waals surface area (Å²) in [4.78, 5) is 46.9. The molecule has 1 atom stereocenters. The van der Waals surface area contributed by atoms with E-state index in [1.807, 2.05) is 45.0 Å². The minimum absolute atomic E-state index is 0.190. The average molecular weight is 721 g/mol. The summed E-state index contributed by atoms with van der Waals surface area (Å²) in [6, 6.07) is 18.5. The number of ether oxygens (including phenoxy) is 1. The number of nitrogens with zero attached hydrogens (tertiary/aromatic N) is 1. The number of anilines is 2. The third-order valence-electron chi connectivity index (χ3n) is 7.90. The van der Waals surface area contributed by atoms with Crippen molar-refractivity contribution in [1.29, 1.82) is 0 Å². The second-order valence-corrected chi connectivity index (χ2v) is 13.6. The van der Waals surface area contributed by atoms with Gasteiger partial charge in [0.2, 0.25) is 18.2 Å². The summed E-state index contributed by atoms with van der Waals surface area (Å²) >= 11 is 6.40. The minimum atomic E-state index is -0.828. The Labute approximate surface area is 304 Å². The molecule has 51 heavy (non-hydrogen) atoms. The molecule has 13 nitrogen and oxygen atoms in total. The summed E-state index contributed by atoms with van der Waals surface area (Å²) in [5.74, 6) is 11.0. The summed E-state index contributed by atoms with van der Waals surface area (Å²) in [5, 5.41) is 15.0. The van der Waals surface area contributed by atoms with Crippen molar-refractivity contribution in [2.75, 3.05) is 17.2 Å². The first-order chi connectivity index (χ1) is 24.3. The van der Waals surface area contributed by atoms with Gasteiger partial charge >= 0.3 is 6.09 Å². The van der Waals surface area contributed by atoms with Gasteiger partial charge in [-0.1, -0.05) is 55.1 Å². The van der Waals surface area contributed by atoms with Crippen LogP contribution in [0.2, 0.25) is 5.02 Å². The topological polar surface area (TPSA) is 202 Å². The molecule has 0 radical (unpaired) electrons. The number of hydrazone groups is 1. The molecule has 0 aromatic heterocycles. The highest BCUT2D eigenvalue weighted by molar-refractivity contribution is 6.33. The molecule has 4 rings (SSSR count). The predicted molar refractivity (Wildman–Crippen MR) is 202 cm³/mol. The van der Waals surface area contributed by atoms with Gasteiger partial charge in [-0.3, -0.25) is 14.4 Å². The van der Waals surface area contributed by atoms with E-state index in [0.717, 1.165) is 23.2 Å². The van der Waals surface area contributed by atoms with Crippen molar-refractivity contribution in [3.8, 4) is 11.1 Å². The lowest BCUT2D eigenvalue weighted by atomic mass is 9.89. The zero-order valence-corrected chi connectivity index (χ0v) is 30.3. The van der Waals surface area contributed by atoms with Crippen LogP contribution in [0, 0.1) is 5.92 Å². The predicted octanol–water partition coefficient (Wildman–Crippen LogP) is 5.44. The van der Waals surface area contributed by atoms with E-state index in [9.17, 15) is 19.2 Å². The molecule has 0 unspecified atom stereocenters. The van der Waals surface area contributed by atoms with Crippen LogP contribution in [0.1, 0.15) is 70.9 Å². The lowest BCUT2D eigenvalue weighted by Gasteiger charge is -2.24. The Morgan fingerprint density at radius 3 is 2.27 bits per heavy atom. The van der Waals surface area contributed by atoms with Gasteiger partial charge in [0.25, 0.3) is 0 Å². The van der Waals surface area contributed by atoms with Gasteiger partial charge in [-0.2, -0.15) is 5.10 Å². The highest BCUT2D eigenvalue weighted by atomic mass is 35.5. The van der Waals surface area contributed by atoms with E-state index in [-0.39, 0.29) is 24.3 Å². The van der Waals surface area contributed by atoms with Gasteiger partial charge in [0.1, 0.15) is 11.6 Å². The Morgan fingerprint density at radius 1 is 0.980 bits per heavy atom. The lowest BCUT2D eigenvalue weighted by Crippen LogP contribution is -2.41. The molecule has 1 fully saturated rings. The second kappa shape index (κ2) is 19.9. The number of hydrogen-bond donors (Lipinski definition) is 7. The first-order valence-corrected chi connectivity index (χ1v) is 17.2. The quantitative estimate of drug-likeness (QED) is 0.0446.